The van der Waals surface area contributed by atoms with E-state index in [4.69, 9.17) is 31.1 Å². The van der Waals surface area contributed by atoms with Crippen molar-refractivity contribution in [3.8, 4) is 12.3 Å². The van der Waals surface area contributed by atoms with Gasteiger partial charge in [-0.05, 0) is 5.92 Å². The second-order valence-electron chi connectivity index (χ2n) is 6.55. The molecule has 2 bridgehead atoms. The fourth-order valence-corrected chi connectivity index (χ4v) is 3.83. The first-order valence-corrected chi connectivity index (χ1v) is 8.06. The Hall–Kier alpha value is -2.74. The Balaban J connectivity index is 1.71. The number of nitrogens with zero attached hydrogens (tertiary/aromatic N) is 4. The van der Waals surface area contributed by atoms with E-state index in [1.807, 2.05) is 0 Å². The molecule has 2 N–H and O–H groups in total. The molecule has 0 aliphatic carbocycles. The average Bonchev–Trinajstić information content (AvgIpc) is 3.22. The van der Waals surface area contributed by atoms with E-state index in [1.54, 1.807) is 11.5 Å². The zero-order chi connectivity index (χ0) is 18.2. The molecule has 5 unspecified atom stereocenters. The van der Waals surface area contributed by atoms with Gasteiger partial charge in [0.05, 0.1) is 0 Å². The highest BCUT2D eigenvalue weighted by Crippen LogP contribution is 2.52. The molecule has 3 aliphatic rings. The van der Waals surface area contributed by atoms with Crippen molar-refractivity contribution in [2.75, 3.05) is 5.73 Å². The fourth-order valence-electron chi connectivity index (χ4n) is 3.83. The minimum atomic E-state index is -1.18. The molecule has 2 aromatic rings. The Morgan fingerprint density at radius 2 is 2.15 bits per heavy atom. The molecule has 26 heavy (non-hydrogen) atoms. The summed E-state index contributed by atoms with van der Waals surface area (Å²) in [6.07, 6.45) is 3.86. The smallest absolute Gasteiger partial charge is 0.303 e. The minimum Gasteiger partial charge on any atom is -0.451 e. The summed E-state index contributed by atoms with van der Waals surface area (Å²) in [5.74, 6) is 1.53. The summed E-state index contributed by atoms with van der Waals surface area (Å²) in [5.41, 5.74) is 6.80. The molecule has 3 aliphatic heterocycles. The third kappa shape index (κ3) is 1.87. The normalized spacial score (nSPS) is 37.2. The van der Waals surface area contributed by atoms with E-state index in [-0.39, 0.29) is 5.82 Å². The maximum atomic E-state index is 11.7. The van der Waals surface area contributed by atoms with Crippen molar-refractivity contribution in [3.05, 3.63) is 12.2 Å². The standard InChI is InChI=1S/C16H15N5O5/c1-4-16(3)25-9-8-10(23-6(2)22)14-20-7-12(17)18-5-19-13(7)21(14)15(24-8)11(9)26-16/h1,5,8-11,15H,2-3H3,(H2,17,18,19)/t8?,9?,10?,11?,15?,16-/m1/s1. The first kappa shape index (κ1) is 15.5. The summed E-state index contributed by atoms with van der Waals surface area (Å²) in [5, 5.41) is 0. The van der Waals surface area contributed by atoms with Crippen LogP contribution in [0.15, 0.2) is 6.33 Å². The van der Waals surface area contributed by atoms with Gasteiger partial charge in [-0.25, -0.2) is 15.0 Å². The van der Waals surface area contributed by atoms with Crippen molar-refractivity contribution in [2.24, 2.45) is 0 Å². The van der Waals surface area contributed by atoms with Crippen LogP contribution in [0.2, 0.25) is 0 Å². The van der Waals surface area contributed by atoms with Gasteiger partial charge in [0.25, 0.3) is 0 Å². The molecule has 2 saturated heterocycles. The van der Waals surface area contributed by atoms with E-state index in [1.165, 1.54) is 13.3 Å². The van der Waals surface area contributed by atoms with Crippen LogP contribution < -0.4 is 5.73 Å². The molecule has 0 aromatic carbocycles. The van der Waals surface area contributed by atoms with Crippen molar-refractivity contribution in [2.45, 2.75) is 50.3 Å². The van der Waals surface area contributed by atoms with Crippen molar-refractivity contribution >= 4 is 23.0 Å². The molecule has 0 amide bonds. The summed E-state index contributed by atoms with van der Waals surface area (Å²) in [7, 11) is 0. The molecule has 6 atom stereocenters. The summed E-state index contributed by atoms with van der Waals surface area (Å²) in [4.78, 5) is 24.4. The summed E-state index contributed by atoms with van der Waals surface area (Å²) in [6, 6.07) is 0. The molecule has 10 nitrogen and oxygen atoms in total. The van der Waals surface area contributed by atoms with Crippen LogP contribution in [0, 0.1) is 12.3 Å². The zero-order valence-electron chi connectivity index (χ0n) is 13.9. The maximum Gasteiger partial charge on any atom is 0.303 e. The lowest BCUT2D eigenvalue weighted by Gasteiger charge is -2.32. The Labute approximate surface area is 147 Å². The molecular weight excluding hydrogens is 342 g/mol. The van der Waals surface area contributed by atoms with Gasteiger partial charge in [-0.15, -0.1) is 6.42 Å². The van der Waals surface area contributed by atoms with Crippen LogP contribution in [0.25, 0.3) is 11.2 Å². The van der Waals surface area contributed by atoms with Crippen LogP contribution in [0.4, 0.5) is 5.82 Å². The lowest BCUT2D eigenvalue weighted by molar-refractivity contribution is -0.208. The van der Waals surface area contributed by atoms with E-state index < -0.39 is 42.4 Å². The van der Waals surface area contributed by atoms with Crippen molar-refractivity contribution in [1.82, 2.24) is 19.5 Å². The summed E-state index contributed by atoms with van der Waals surface area (Å²) >= 11 is 0. The van der Waals surface area contributed by atoms with Gasteiger partial charge >= 0.3 is 5.97 Å². The molecule has 10 heteroatoms. The Bertz CT molecular complexity index is 983. The van der Waals surface area contributed by atoms with Gasteiger partial charge in [-0.2, -0.15) is 0 Å². The SMILES string of the molecule is C#C[C@]1(C)OC2C3OC(C2O1)n1c(nc2c(N)ncnc21)C3OC(C)=O. The Morgan fingerprint density at radius 1 is 1.38 bits per heavy atom. The number of esters is 1. The van der Waals surface area contributed by atoms with Gasteiger partial charge < -0.3 is 24.7 Å². The van der Waals surface area contributed by atoms with E-state index in [0.29, 0.717) is 17.0 Å². The van der Waals surface area contributed by atoms with Crippen LogP contribution in [-0.2, 0) is 23.7 Å². The van der Waals surface area contributed by atoms with E-state index in [2.05, 4.69) is 20.9 Å². The number of anilines is 1. The summed E-state index contributed by atoms with van der Waals surface area (Å²) in [6.45, 7) is 2.98. The lowest BCUT2D eigenvalue weighted by atomic mass is 10.1. The monoisotopic (exact) mass is 357 g/mol. The lowest BCUT2D eigenvalue weighted by Crippen LogP contribution is -2.39. The quantitative estimate of drug-likeness (QED) is 0.557. The van der Waals surface area contributed by atoms with Crippen LogP contribution in [-0.4, -0.2) is 49.6 Å². The van der Waals surface area contributed by atoms with Crippen molar-refractivity contribution in [3.63, 3.8) is 0 Å². The fraction of sp³-hybridized carbons (Fsp3) is 0.500. The second kappa shape index (κ2) is 4.91. The highest BCUT2D eigenvalue weighted by atomic mass is 16.8. The maximum absolute atomic E-state index is 11.7. The van der Waals surface area contributed by atoms with Crippen LogP contribution in [0.5, 0.6) is 0 Å². The van der Waals surface area contributed by atoms with E-state index in [9.17, 15) is 4.79 Å². The predicted molar refractivity (Wildman–Crippen MR) is 85.1 cm³/mol. The number of nitrogens with two attached hydrogens (primary N) is 1. The van der Waals surface area contributed by atoms with Gasteiger partial charge in [0.2, 0.25) is 5.79 Å². The number of carbonyl (C=O) groups excluding carboxylic acids is 1. The molecule has 2 aromatic heterocycles. The molecule has 0 spiro atoms. The van der Waals surface area contributed by atoms with Gasteiger partial charge in [0.1, 0.15) is 24.6 Å². The van der Waals surface area contributed by atoms with Gasteiger partial charge in [0.15, 0.2) is 35.1 Å². The highest BCUT2D eigenvalue weighted by molar-refractivity contribution is 5.82. The number of terminal acetylenes is 1. The molecule has 134 valence electrons. The van der Waals surface area contributed by atoms with Crippen LogP contribution in [0.3, 0.4) is 0 Å². The average molecular weight is 357 g/mol. The number of fused-ring (bicyclic) bond motifs is 9. The number of ether oxygens (including phenoxy) is 4. The van der Waals surface area contributed by atoms with Crippen molar-refractivity contribution in [1.29, 1.82) is 0 Å². The largest absolute Gasteiger partial charge is 0.451 e. The molecular formula is C16H15N5O5. The molecule has 5 rings (SSSR count). The number of carbonyl (C=O) groups is 1. The second-order valence-corrected chi connectivity index (χ2v) is 6.55. The van der Waals surface area contributed by atoms with E-state index >= 15 is 0 Å². The van der Waals surface area contributed by atoms with Gasteiger partial charge in [-0.3, -0.25) is 9.36 Å². The number of aromatic nitrogens is 4. The first-order valence-electron chi connectivity index (χ1n) is 8.06. The first-order chi connectivity index (χ1) is 12.4. The minimum absolute atomic E-state index is 0.225. The van der Waals surface area contributed by atoms with Gasteiger partial charge in [-0.1, -0.05) is 0 Å². The Morgan fingerprint density at radius 3 is 2.88 bits per heavy atom. The molecule has 5 heterocycles. The number of nitrogen functional groups attached to an aromatic ring is 1. The molecule has 2 fully saturated rings. The Kier molecular flexibility index (Phi) is 2.93. The topological polar surface area (TPSA) is 124 Å². The predicted octanol–water partition coefficient (Wildman–Crippen LogP) is 0.0571. The third-order valence-electron chi connectivity index (χ3n) is 4.84. The van der Waals surface area contributed by atoms with Crippen LogP contribution in [0.1, 0.15) is 32.0 Å². The molecule has 0 radical (unpaired) electrons. The third-order valence-corrected chi connectivity index (χ3v) is 4.84. The zero-order valence-corrected chi connectivity index (χ0v) is 13.9. The summed E-state index contributed by atoms with van der Waals surface area (Å²) < 4.78 is 25.2. The number of imidazole rings is 1. The number of hydrogen-bond acceptors (Lipinski definition) is 9. The number of hydrogen-bond donors (Lipinski definition) is 1. The van der Waals surface area contributed by atoms with E-state index in [0.717, 1.165) is 0 Å². The van der Waals surface area contributed by atoms with Gasteiger partial charge in [0, 0.05) is 13.8 Å². The van der Waals surface area contributed by atoms with Crippen LogP contribution >= 0.6 is 0 Å². The molecule has 0 saturated carbocycles. The number of rotatable bonds is 1. The van der Waals surface area contributed by atoms with Crippen molar-refractivity contribution < 1.29 is 23.7 Å². The highest BCUT2D eigenvalue weighted by Gasteiger charge is 2.63.